The van der Waals surface area contributed by atoms with Gasteiger partial charge in [0.1, 0.15) is 0 Å². The van der Waals surface area contributed by atoms with Crippen molar-refractivity contribution in [3.05, 3.63) is 59.7 Å². The number of nitrogens with one attached hydrogen (secondary N) is 1. The summed E-state index contributed by atoms with van der Waals surface area (Å²) < 4.78 is 0. The van der Waals surface area contributed by atoms with E-state index in [2.05, 4.69) is 5.32 Å². The Morgan fingerprint density at radius 3 is 2.62 bits per heavy atom. The molecule has 2 aromatic carbocycles. The van der Waals surface area contributed by atoms with Crippen LogP contribution in [0.4, 0.5) is 11.4 Å². The molecule has 0 fully saturated rings. The van der Waals surface area contributed by atoms with E-state index >= 15 is 0 Å². The molecular weight excluding hydrogens is 300 g/mol. The van der Waals surface area contributed by atoms with Crippen LogP contribution < -0.4 is 10.2 Å². The number of hydrogen-bond donors (Lipinski definition) is 1. The standard InChI is InChI=1S/C20H22N2O2/c1-14(12-16-6-4-3-5-7-16)20(24)21-18-9-8-17-10-11-22(15(2)23)19(17)13-18/h3-9,13-14H,10-12H2,1-2H3,(H,21,24). The fourth-order valence-corrected chi connectivity index (χ4v) is 3.11. The van der Waals surface area contributed by atoms with Gasteiger partial charge in [-0.3, -0.25) is 9.59 Å². The third kappa shape index (κ3) is 3.48. The highest BCUT2D eigenvalue weighted by molar-refractivity contribution is 5.97. The Morgan fingerprint density at radius 1 is 1.17 bits per heavy atom. The zero-order chi connectivity index (χ0) is 17.1. The van der Waals surface area contributed by atoms with E-state index in [1.165, 1.54) is 0 Å². The Kier molecular flexibility index (Phi) is 4.65. The number of anilines is 2. The molecule has 4 heteroatoms. The molecule has 1 aliphatic heterocycles. The first kappa shape index (κ1) is 16.2. The number of amides is 2. The Hall–Kier alpha value is -2.62. The van der Waals surface area contributed by atoms with Crippen molar-refractivity contribution in [3.8, 4) is 0 Å². The van der Waals surface area contributed by atoms with Crippen LogP contribution in [0.25, 0.3) is 0 Å². The van der Waals surface area contributed by atoms with E-state index in [9.17, 15) is 9.59 Å². The number of carbonyl (C=O) groups excluding carboxylic acids is 2. The van der Waals surface area contributed by atoms with Crippen LogP contribution in [0.5, 0.6) is 0 Å². The van der Waals surface area contributed by atoms with Crippen LogP contribution in [-0.2, 0) is 22.4 Å². The molecule has 0 bridgehead atoms. The normalized spacial score (nSPS) is 14.2. The summed E-state index contributed by atoms with van der Waals surface area (Å²) in [5.74, 6) is -0.0922. The quantitative estimate of drug-likeness (QED) is 0.938. The van der Waals surface area contributed by atoms with Gasteiger partial charge in [-0.25, -0.2) is 0 Å². The average Bonchev–Trinajstić information content (AvgIpc) is 2.99. The smallest absolute Gasteiger partial charge is 0.227 e. The lowest BCUT2D eigenvalue weighted by atomic mass is 10.0. The molecule has 0 aromatic heterocycles. The zero-order valence-electron chi connectivity index (χ0n) is 14.1. The van der Waals surface area contributed by atoms with Gasteiger partial charge in [0.05, 0.1) is 0 Å². The Bertz CT molecular complexity index is 755. The van der Waals surface area contributed by atoms with Crippen LogP contribution in [0.3, 0.4) is 0 Å². The zero-order valence-corrected chi connectivity index (χ0v) is 14.1. The molecule has 24 heavy (non-hydrogen) atoms. The van der Waals surface area contributed by atoms with Crippen molar-refractivity contribution in [2.75, 3.05) is 16.8 Å². The van der Waals surface area contributed by atoms with Gasteiger partial charge < -0.3 is 10.2 Å². The molecule has 1 atom stereocenters. The van der Waals surface area contributed by atoms with Crippen molar-refractivity contribution in [3.63, 3.8) is 0 Å². The van der Waals surface area contributed by atoms with Crippen molar-refractivity contribution in [2.45, 2.75) is 26.7 Å². The predicted molar refractivity (Wildman–Crippen MR) is 96.1 cm³/mol. The molecule has 2 aromatic rings. The Balaban J connectivity index is 1.69. The second-order valence-corrected chi connectivity index (χ2v) is 6.34. The molecule has 1 N–H and O–H groups in total. The fraction of sp³-hybridized carbons (Fsp3) is 0.300. The van der Waals surface area contributed by atoms with Gasteiger partial charge in [0.25, 0.3) is 0 Å². The summed E-state index contributed by atoms with van der Waals surface area (Å²) in [5.41, 5.74) is 3.96. The first-order chi connectivity index (χ1) is 11.5. The summed E-state index contributed by atoms with van der Waals surface area (Å²) in [5, 5.41) is 2.97. The van der Waals surface area contributed by atoms with E-state index in [0.717, 1.165) is 28.9 Å². The third-order valence-electron chi connectivity index (χ3n) is 4.46. The van der Waals surface area contributed by atoms with Gasteiger partial charge in [0, 0.05) is 30.8 Å². The van der Waals surface area contributed by atoms with E-state index in [0.29, 0.717) is 13.0 Å². The summed E-state index contributed by atoms with van der Waals surface area (Å²) in [6, 6.07) is 15.8. The summed E-state index contributed by atoms with van der Waals surface area (Å²) in [7, 11) is 0. The van der Waals surface area contributed by atoms with Crippen molar-refractivity contribution in [1.82, 2.24) is 0 Å². The van der Waals surface area contributed by atoms with Crippen LogP contribution >= 0.6 is 0 Å². The average molecular weight is 322 g/mol. The lowest BCUT2D eigenvalue weighted by molar-refractivity contribution is -0.119. The van der Waals surface area contributed by atoms with E-state index in [1.807, 2.05) is 55.5 Å². The summed E-state index contributed by atoms with van der Waals surface area (Å²) >= 11 is 0. The first-order valence-electron chi connectivity index (χ1n) is 8.30. The highest BCUT2D eigenvalue weighted by Crippen LogP contribution is 2.31. The highest BCUT2D eigenvalue weighted by Gasteiger charge is 2.23. The molecule has 4 nitrogen and oxygen atoms in total. The number of hydrogen-bond acceptors (Lipinski definition) is 2. The molecule has 1 aliphatic rings. The van der Waals surface area contributed by atoms with Gasteiger partial charge in [0.15, 0.2) is 0 Å². The molecule has 0 saturated carbocycles. The minimum absolute atomic E-state index is 0.00817. The van der Waals surface area contributed by atoms with Crippen LogP contribution in [0, 0.1) is 5.92 Å². The van der Waals surface area contributed by atoms with Gasteiger partial charge in [-0.15, -0.1) is 0 Å². The van der Waals surface area contributed by atoms with Crippen LogP contribution in [-0.4, -0.2) is 18.4 Å². The molecule has 0 saturated heterocycles. The molecule has 1 heterocycles. The largest absolute Gasteiger partial charge is 0.326 e. The van der Waals surface area contributed by atoms with Crippen LogP contribution in [0.1, 0.15) is 25.0 Å². The van der Waals surface area contributed by atoms with E-state index in [1.54, 1.807) is 11.8 Å². The fourth-order valence-electron chi connectivity index (χ4n) is 3.11. The van der Waals surface area contributed by atoms with Crippen molar-refractivity contribution in [1.29, 1.82) is 0 Å². The number of nitrogens with zero attached hydrogens (tertiary/aromatic N) is 1. The van der Waals surface area contributed by atoms with Gasteiger partial charge in [-0.05, 0) is 36.1 Å². The van der Waals surface area contributed by atoms with Gasteiger partial charge in [-0.1, -0.05) is 43.3 Å². The van der Waals surface area contributed by atoms with Gasteiger partial charge in [0.2, 0.25) is 11.8 Å². The molecule has 0 aliphatic carbocycles. The maximum atomic E-state index is 12.4. The molecule has 3 rings (SSSR count). The monoisotopic (exact) mass is 322 g/mol. The van der Waals surface area contributed by atoms with Crippen LogP contribution in [0.2, 0.25) is 0 Å². The SMILES string of the molecule is CC(=O)N1CCc2ccc(NC(=O)C(C)Cc3ccccc3)cc21. The van der Waals surface area contributed by atoms with Crippen molar-refractivity contribution >= 4 is 23.2 Å². The molecule has 0 radical (unpaired) electrons. The number of carbonyl (C=O) groups is 2. The van der Waals surface area contributed by atoms with Crippen molar-refractivity contribution in [2.24, 2.45) is 5.92 Å². The molecule has 1 unspecified atom stereocenters. The second kappa shape index (κ2) is 6.87. The maximum Gasteiger partial charge on any atom is 0.227 e. The maximum absolute atomic E-state index is 12.4. The molecule has 0 spiro atoms. The topological polar surface area (TPSA) is 49.4 Å². The molecule has 2 amide bonds. The number of benzene rings is 2. The number of rotatable bonds is 4. The number of fused-ring (bicyclic) bond motifs is 1. The summed E-state index contributed by atoms with van der Waals surface area (Å²) in [6.45, 7) is 4.21. The lowest BCUT2D eigenvalue weighted by Gasteiger charge is -2.17. The highest BCUT2D eigenvalue weighted by atomic mass is 16.2. The Morgan fingerprint density at radius 2 is 1.92 bits per heavy atom. The summed E-state index contributed by atoms with van der Waals surface area (Å²) in [4.78, 5) is 25.9. The second-order valence-electron chi connectivity index (χ2n) is 6.34. The van der Waals surface area contributed by atoms with Gasteiger partial charge in [-0.2, -0.15) is 0 Å². The lowest BCUT2D eigenvalue weighted by Crippen LogP contribution is -2.26. The molecule has 124 valence electrons. The van der Waals surface area contributed by atoms with Gasteiger partial charge >= 0.3 is 0 Å². The van der Waals surface area contributed by atoms with E-state index in [4.69, 9.17) is 0 Å². The minimum atomic E-state index is -0.121. The molecular formula is C20H22N2O2. The summed E-state index contributed by atoms with van der Waals surface area (Å²) in [6.07, 6.45) is 1.57. The minimum Gasteiger partial charge on any atom is -0.326 e. The Labute approximate surface area is 142 Å². The van der Waals surface area contributed by atoms with E-state index < -0.39 is 0 Å². The third-order valence-corrected chi connectivity index (χ3v) is 4.46. The van der Waals surface area contributed by atoms with E-state index in [-0.39, 0.29) is 17.7 Å². The van der Waals surface area contributed by atoms with Crippen molar-refractivity contribution < 1.29 is 9.59 Å². The first-order valence-corrected chi connectivity index (χ1v) is 8.30. The predicted octanol–water partition coefficient (Wildman–Crippen LogP) is 3.41. The van der Waals surface area contributed by atoms with Crippen LogP contribution in [0.15, 0.2) is 48.5 Å².